The first-order valence-electron chi connectivity index (χ1n) is 5.86. The Bertz CT molecular complexity index is 402. The Morgan fingerprint density at radius 2 is 1.78 bits per heavy atom. The predicted molar refractivity (Wildman–Crippen MR) is 78.1 cm³/mol. The molecule has 1 heterocycles. The molecule has 1 aromatic carbocycles. The molecule has 1 aliphatic heterocycles. The average Bonchev–Trinajstić information content (AvgIpc) is 2.80. The van der Waals surface area contributed by atoms with Crippen LogP contribution in [0.1, 0.15) is 12.0 Å². The second-order valence-corrected chi connectivity index (χ2v) is 9.42. The van der Waals surface area contributed by atoms with E-state index in [1.807, 2.05) is 21.6 Å². The van der Waals surface area contributed by atoms with Gasteiger partial charge in [0.25, 0.3) is 0 Å². The number of hydrogen-bond donors (Lipinski definition) is 0. The van der Waals surface area contributed by atoms with Crippen LogP contribution in [0.4, 0.5) is 0 Å². The van der Waals surface area contributed by atoms with Crippen molar-refractivity contribution in [2.24, 2.45) is 0 Å². The highest BCUT2D eigenvalue weighted by Gasteiger charge is 2.36. The van der Waals surface area contributed by atoms with Crippen LogP contribution in [0.5, 0.6) is 0 Å². The molecule has 0 aromatic heterocycles. The van der Waals surface area contributed by atoms with Gasteiger partial charge in [-0.2, -0.15) is 0 Å². The highest BCUT2D eigenvalue weighted by molar-refractivity contribution is 8.77. The molecular formula is C12H18O3S2Si. The number of fused-ring (bicyclic) bond motifs is 2. The van der Waals surface area contributed by atoms with E-state index in [1.54, 1.807) is 21.3 Å². The molecule has 0 saturated heterocycles. The van der Waals surface area contributed by atoms with Gasteiger partial charge in [-0.15, -0.1) is 0 Å². The molecule has 1 aliphatic rings. The molecule has 0 fully saturated rings. The largest absolute Gasteiger partial charge is 0.500 e. The fourth-order valence-corrected chi connectivity index (χ4v) is 6.07. The summed E-state index contributed by atoms with van der Waals surface area (Å²) in [5.74, 6) is 0. The molecule has 0 N–H and O–H groups in total. The van der Waals surface area contributed by atoms with Crippen LogP contribution in [0, 0.1) is 0 Å². The second kappa shape index (κ2) is 6.45. The van der Waals surface area contributed by atoms with Crippen LogP contribution in [0.15, 0.2) is 28.0 Å². The minimum atomic E-state index is -2.40. The summed E-state index contributed by atoms with van der Waals surface area (Å²) in [7, 11) is 6.29. The Morgan fingerprint density at radius 1 is 1.06 bits per heavy atom. The Morgan fingerprint density at radius 3 is 2.44 bits per heavy atom. The summed E-state index contributed by atoms with van der Waals surface area (Å²) in [6.45, 7) is 0. The molecule has 1 aromatic rings. The van der Waals surface area contributed by atoms with E-state index in [2.05, 4.69) is 18.2 Å². The molecule has 6 heteroatoms. The van der Waals surface area contributed by atoms with Gasteiger partial charge < -0.3 is 13.3 Å². The number of hydrogen-bond acceptors (Lipinski definition) is 5. The first-order valence-corrected chi connectivity index (χ1v) is 9.94. The molecule has 0 spiro atoms. The Balaban J connectivity index is 1.89. The zero-order valence-corrected chi connectivity index (χ0v) is 13.5. The third-order valence-corrected chi connectivity index (χ3v) is 8.42. The number of benzene rings is 1. The molecule has 0 unspecified atom stereocenters. The van der Waals surface area contributed by atoms with E-state index < -0.39 is 8.80 Å². The molecule has 2 rings (SSSR count). The van der Waals surface area contributed by atoms with Crippen molar-refractivity contribution in [3.8, 4) is 0 Å². The van der Waals surface area contributed by atoms with Gasteiger partial charge in [-0.1, -0.05) is 27.7 Å². The van der Waals surface area contributed by atoms with Crippen molar-refractivity contribution in [3.63, 3.8) is 0 Å². The molecule has 18 heavy (non-hydrogen) atoms. The van der Waals surface area contributed by atoms with Crippen molar-refractivity contribution in [3.05, 3.63) is 23.8 Å². The monoisotopic (exact) mass is 302 g/mol. The van der Waals surface area contributed by atoms with Crippen molar-refractivity contribution < 1.29 is 13.3 Å². The van der Waals surface area contributed by atoms with Crippen molar-refractivity contribution in [1.29, 1.82) is 0 Å². The van der Waals surface area contributed by atoms with E-state index in [1.165, 1.54) is 15.4 Å². The highest BCUT2D eigenvalue weighted by atomic mass is 33.1. The van der Waals surface area contributed by atoms with Crippen LogP contribution >= 0.6 is 21.6 Å². The van der Waals surface area contributed by atoms with Gasteiger partial charge in [0, 0.05) is 37.2 Å². The van der Waals surface area contributed by atoms with Gasteiger partial charge in [0.1, 0.15) is 0 Å². The fraction of sp³-hybridized carbons (Fsp3) is 0.500. The lowest BCUT2D eigenvalue weighted by Gasteiger charge is -2.24. The lowest BCUT2D eigenvalue weighted by Crippen LogP contribution is -2.42. The van der Waals surface area contributed by atoms with Crippen LogP contribution in [-0.4, -0.2) is 30.1 Å². The maximum absolute atomic E-state index is 5.43. The molecule has 0 amide bonds. The first-order chi connectivity index (χ1) is 8.73. The number of aryl methyl sites for hydroxylation is 1. The Labute approximate surface area is 117 Å². The second-order valence-electron chi connectivity index (χ2n) is 4.09. The highest BCUT2D eigenvalue weighted by Crippen LogP contribution is 2.47. The SMILES string of the molecule is CO[Si](CCCc1ccc2cc1SS2)(OC)OC. The van der Waals surface area contributed by atoms with E-state index in [9.17, 15) is 0 Å². The summed E-state index contributed by atoms with van der Waals surface area (Å²) in [4.78, 5) is 2.75. The summed E-state index contributed by atoms with van der Waals surface area (Å²) in [5, 5.41) is 0. The average molecular weight is 302 g/mol. The molecule has 0 saturated carbocycles. The number of rotatable bonds is 7. The fourth-order valence-electron chi connectivity index (χ4n) is 2.02. The van der Waals surface area contributed by atoms with Gasteiger partial charge in [0.2, 0.25) is 0 Å². The van der Waals surface area contributed by atoms with Gasteiger partial charge in [-0.05, 0) is 30.5 Å². The standard InChI is InChI=1S/C12H18O3S2Si/c1-13-18(14-2,15-3)8-4-5-10-6-7-11-9-12(10)17-16-11/h6-7,9H,4-5,8H2,1-3H3. The van der Waals surface area contributed by atoms with Crippen LogP contribution < -0.4 is 0 Å². The molecule has 100 valence electrons. The zero-order valence-electron chi connectivity index (χ0n) is 10.9. The Hall–Kier alpha value is 0.0169. The van der Waals surface area contributed by atoms with E-state index in [-0.39, 0.29) is 0 Å². The van der Waals surface area contributed by atoms with Crippen LogP contribution in [0.3, 0.4) is 0 Å². The Kier molecular flexibility index (Phi) is 5.17. The lowest BCUT2D eigenvalue weighted by molar-refractivity contribution is 0.123. The first kappa shape index (κ1) is 14.4. The van der Waals surface area contributed by atoms with Crippen LogP contribution in [0.2, 0.25) is 6.04 Å². The lowest BCUT2D eigenvalue weighted by atomic mass is 10.1. The van der Waals surface area contributed by atoms with Gasteiger partial charge in [-0.3, -0.25) is 0 Å². The summed E-state index contributed by atoms with van der Waals surface area (Å²) < 4.78 is 16.3. The van der Waals surface area contributed by atoms with Gasteiger partial charge in [0.15, 0.2) is 0 Å². The van der Waals surface area contributed by atoms with Gasteiger partial charge >= 0.3 is 8.80 Å². The normalized spacial score (nSPS) is 14.2. The van der Waals surface area contributed by atoms with Gasteiger partial charge in [0.05, 0.1) is 0 Å². The summed E-state index contributed by atoms with van der Waals surface area (Å²) >= 11 is 0. The molecule has 0 atom stereocenters. The van der Waals surface area contributed by atoms with Crippen molar-refractivity contribution in [2.75, 3.05) is 21.3 Å². The molecule has 3 nitrogen and oxygen atoms in total. The third kappa shape index (κ3) is 3.12. The summed E-state index contributed by atoms with van der Waals surface area (Å²) in [6, 6.07) is 7.54. The smallest absolute Gasteiger partial charge is 0.377 e. The van der Waals surface area contributed by atoms with Crippen LogP contribution in [0.25, 0.3) is 0 Å². The summed E-state index contributed by atoms with van der Waals surface area (Å²) in [6.07, 6.45) is 2.08. The molecule has 2 bridgehead atoms. The molecule has 0 aliphatic carbocycles. The maximum atomic E-state index is 5.43. The third-order valence-electron chi connectivity index (χ3n) is 3.13. The molecule has 0 radical (unpaired) electrons. The maximum Gasteiger partial charge on any atom is 0.500 e. The van der Waals surface area contributed by atoms with E-state index >= 15 is 0 Å². The topological polar surface area (TPSA) is 27.7 Å². The van der Waals surface area contributed by atoms with E-state index in [4.69, 9.17) is 13.3 Å². The predicted octanol–water partition coefficient (Wildman–Crippen LogP) is 3.61. The van der Waals surface area contributed by atoms with E-state index in [0.29, 0.717) is 0 Å². The van der Waals surface area contributed by atoms with Crippen molar-refractivity contribution in [1.82, 2.24) is 0 Å². The minimum Gasteiger partial charge on any atom is -0.377 e. The van der Waals surface area contributed by atoms with Crippen LogP contribution in [-0.2, 0) is 19.7 Å². The van der Waals surface area contributed by atoms with E-state index in [0.717, 1.165) is 18.9 Å². The minimum absolute atomic E-state index is 0.857. The zero-order chi connectivity index (χ0) is 13.0. The summed E-state index contributed by atoms with van der Waals surface area (Å²) in [5.41, 5.74) is 1.42. The van der Waals surface area contributed by atoms with Crippen molar-refractivity contribution in [2.45, 2.75) is 28.7 Å². The van der Waals surface area contributed by atoms with Gasteiger partial charge in [-0.25, -0.2) is 0 Å². The molecular weight excluding hydrogens is 284 g/mol. The quantitative estimate of drug-likeness (QED) is 0.566. The van der Waals surface area contributed by atoms with Crippen molar-refractivity contribution >= 4 is 30.4 Å².